The van der Waals surface area contributed by atoms with Crippen molar-refractivity contribution in [1.29, 1.82) is 0 Å². The Morgan fingerprint density at radius 1 is 1.50 bits per heavy atom. The highest BCUT2D eigenvalue weighted by Gasteiger charge is 2.35. The molecular weight excluding hydrogens is 218 g/mol. The van der Waals surface area contributed by atoms with Gasteiger partial charge in [0.1, 0.15) is 0 Å². The highest BCUT2D eigenvalue weighted by atomic mass is 19.3. The first-order chi connectivity index (χ1) is 7.48. The Labute approximate surface area is 90.9 Å². The van der Waals surface area contributed by atoms with E-state index in [0.717, 1.165) is 0 Å². The molecule has 88 valence electrons. The van der Waals surface area contributed by atoms with Crippen LogP contribution in [0.4, 0.5) is 8.78 Å². The van der Waals surface area contributed by atoms with Crippen molar-refractivity contribution in [2.75, 3.05) is 0 Å². The number of rotatable bonds is 2. The Morgan fingerprint density at radius 2 is 2.12 bits per heavy atom. The van der Waals surface area contributed by atoms with Crippen LogP contribution < -0.4 is 0 Å². The molecule has 1 N–H and O–H groups in total. The number of aromatic carboxylic acids is 1. The lowest BCUT2D eigenvalue weighted by atomic mass is 9.92. The smallest absolute Gasteiger partial charge is 0.338 e. The molecule has 4 nitrogen and oxygen atoms in total. The second-order valence-corrected chi connectivity index (χ2v) is 4.10. The summed E-state index contributed by atoms with van der Waals surface area (Å²) in [5, 5.41) is 12.6. The molecule has 6 heteroatoms. The number of carboxylic acids is 1. The fourth-order valence-corrected chi connectivity index (χ4v) is 1.94. The molecule has 2 rings (SSSR count). The first-order valence-corrected chi connectivity index (χ1v) is 5.13. The monoisotopic (exact) mass is 230 g/mol. The molecule has 0 aliphatic heterocycles. The van der Waals surface area contributed by atoms with Crippen molar-refractivity contribution in [2.45, 2.75) is 37.6 Å². The number of hydrogen-bond donors (Lipinski definition) is 1. The summed E-state index contributed by atoms with van der Waals surface area (Å²) in [4.78, 5) is 10.6. The van der Waals surface area contributed by atoms with E-state index >= 15 is 0 Å². The molecule has 0 bridgehead atoms. The van der Waals surface area contributed by atoms with Gasteiger partial charge in [-0.1, -0.05) is 0 Å². The SMILES string of the molecule is O=C(O)c1cnn(C2CCC(F)(F)CC2)c1. The molecule has 0 radical (unpaired) electrons. The summed E-state index contributed by atoms with van der Waals surface area (Å²) < 4.78 is 27.3. The Balaban J connectivity index is 2.05. The zero-order valence-electron chi connectivity index (χ0n) is 8.57. The third kappa shape index (κ3) is 2.20. The molecule has 16 heavy (non-hydrogen) atoms. The lowest BCUT2D eigenvalue weighted by Gasteiger charge is -2.28. The molecule has 1 heterocycles. The van der Waals surface area contributed by atoms with Gasteiger partial charge in [-0.15, -0.1) is 0 Å². The van der Waals surface area contributed by atoms with E-state index in [9.17, 15) is 13.6 Å². The molecule has 0 atom stereocenters. The quantitative estimate of drug-likeness (QED) is 0.848. The van der Waals surface area contributed by atoms with Gasteiger partial charge in [-0.3, -0.25) is 4.68 Å². The average Bonchev–Trinajstić information content (AvgIpc) is 2.66. The van der Waals surface area contributed by atoms with E-state index < -0.39 is 11.9 Å². The minimum atomic E-state index is -2.57. The Morgan fingerprint density at radius 3 is 2.62 bits per heavy atom. The van der Waals surface area contributed by atoms with Crippen LogP contribution in [0, 0.1) is 0 Å². The van der Waals surface area contributed by atoms with Gasteiger partial charge in [-0.25, -0.2) is 13.6 Å². The van der Waals surface area contributed by atoms with E-state index in [1.165, 1.54) is 17.1 Å². The van der Waals surface area contributed by atoms with Crippen molar-refractivity contribution < 1.29 is 18.7 Å². The maximum absolute atomic E-state index is 12.9. The largest absolute Gasteiger partial charge is 0.478 e. The van der Waals surface area contributed by atoms with Gasteiger partial charge >= 0.3 is 5.97 Å². The molecule has 1 aromatic rings. The Bertz CT molecular complexity index is 393. The fourth-order valence-electron chi connectivity index (χ4n) is 1.94. The van der Waals surface area contributed by atoms with Gasteiger partial charge in [-0.2, -0.15) is 5.10 Å². The van der Waals surface area contributed by atoms with E-state index in [4.69, 9.17) is 5.11 Å². The van der Waals surface area contributed by atoms with Crippen LogP contribution >= 0.6 is 0 Å². The highest BCUT2D eigenvalue weighted by molar-refractivity contribution is 5.86. The average molecular weight is 230 g/mol. The Kier molecular flexibility index (Phi) is 2.65. The van der Waals surface area contributed by atoms with Crippen LogP contribution in [0.2, 0.25) is 0 Å². The molecule has 0 spiro atoms. The second-order valence-electron chi connectivity index (χ2n) is 4.10. The van der Waals surface area contributed by atoms with Crippen molar-refractivity contribution in [3.05, 3.63) is 18.0 Å². The summed E-state index contributed by atoms with van der Waals surface area (Å²) in [6, 6.07) is -0.104. The highest BCUT2D eigenvalue weighted by Crippen LogP contribution is 2.38. The van der Waals surface area contributed by atoms with Crippen molar-refractivity contribution in [3.63, 3.8) is 0 Å². The molecule has 0 unspecified atom stereocenters. The number of halogens is 2. The van der Waals surface area contributed by atoms with E-state index in [1.807, 2.05) is 0 Å². The molecule has 0 aromatic carbocycles. The normalized spacial score (nSPS) is 20.9. The third-order valence-electron chi connectivity index (χ3n) is 2.91. The Hall–Kier alpha value is -1.46. The van der Waals surface area contributed by atoms with Gasteiger partial charge in [0.15, 0.2) is 0 Å². The summed E-state index contributed by atoms with van der Waals surface area (Å²) in [5.74, 6) is -3.62. The maximum Gasteiger partial charge on any atom is 0.338 e. The predicted octanol–water partition coefficient (Wildman–Crippen LogP) is 2.33. The van der Waals surface area contributed by atoms with Crippen LogP contribution in [0.1, 0.15) is 42.1 Å². The first kappa shape index (κ1) is 11.0. The van der Waals surface area contributed by atoms with Crippen LogP contribution in [0.5, 0.6) is 0 Å². The maximum atomic E-state index is 12.9. The molecule has 0 saturated heterocycles. The van der Waals surface area contributed by atoms with Gasteiger partial charge < -0.3 is 5.11 Å². The van der Waals surface area contributed by atoms with Gasteiger partial charge in [0.05, 0.1) is 17.8 Å². The molecule has 1 fully saturated rings. The zero-order chi connectivity index (χ0) is 11.8. The molecule has 1 aliphatic rings. The third-order valence-corrected chi connectivity index (χ3v) is 2.91. The van der Waals surface area contributed by atoms with Crippen LogP contribution in [-0.4, -0.2) is 26.8 Å². The second kappa shape index (κ2) is 3.84. The lowest BCUT2D eigenvalue weighted by molar-refractivity contribution is -0.0450. The van der Waals surface area contributed by atoms with Crippen LogP contribution in [0.15, 0.2) is 12.4 Å². The number of hydrogen-bond acceptors (Lipinski definition) is 2. The summed E-state index contributed by atoms with van der Waals surface area (Å²) in [5.41, 5.74) is 0.0948. The fraction of sp³-hybridized carbons (Fsp3) is 0.600. The molecular formula is C10H12F2N2O2. The van der Waals surface area contributed by atoms with Crippen molar-refractivity contribution >= 4 is 5.97 Å². The zero-order valence-corrected chi connectivity index (χ0v) is 8.57. The minimum absolute atomic E-state index is 0.0948. The summed E-state index contributed by atoms with van der Waals surface area (Å²) in [6.45, 7) is 0. The van der Waals surface area contributed by atoms with Gasteiger partial charge in [0, 0.05) is 19.0 Å². The number of carbonyl (C=O) groups is 1. The predicted molar refractivity (Wildman–Crippen MR) is 51.6 cm³/mol. The van der Waals surface area contributed by atoms with Gasteiger partial charge in [-0.05, 0) is 12.8 Å². The number of carboxylic acid groups (broad SMARTS) is 1. The topological polar surface area (TPSA) is 55.1 Å². The summed E-state index contributed by atoms with van der Waals surface area (Å²) >= 11 is 0. The van der Waals surface area contributed by atoms with Crippen molar-refractivity contribution in [1.82, 2.24) is 9.78 Å². The van der Waals surface area contributed by atoms with E-state index in [2.05, 4.69) is 5.10 Å². The summed E-state index contributed by atoms with van der Waals surface area (Å²) in [7, 11) is 0. The number of alkyl halides is 2. The van der Waals surface area contributed by atoms with Crippen molar-refractivity contribution in [2.24, 2.45) is 0 Å². The standard InChI is InChI=1S/C10H12F2N2O2/c11-10(12)3-1-8(2-4-10)14-6-7(5-13-14)9(15)16/h5-6,8H,1-4H2,(H,15,16). The van der Waals surface area contributed by atoms with Gasteiger partial charge in [0.25, 0.3) is 0 Å². The molecule has 0 amide bonds. The van der Waals surface area contributed by atoms with Crippen LogP contribution in [0.3, 0.4) is 0 Å². The number of aromatic nitrogens is 2. The van der Waals surface area contributed by atoms with E-state index in [1.54, 1.807) is 0 Å². The van der Waals surface area contributed by atoms with Crippen LogP contribution in [0.25, 0.3) is 0 Å². The van der Waals surface area contributed by atoms with Crippen LogP contribution in [-0.2, 0) is 0 Å². The van der Waals surface area contributed by atoms with Gasteiger partial charge in [0.2, 0.25) is 5.92 Å². The van der Waals surface area contributed by atoms with E-state index in [-0.39, 0.29) is 24.4 Å². The summed E-state index contributed by atoms with van der Waals surface area (Å²) in [6.07, 6.45) is 3.02. The lowest BCUT2D eigenvalue weighted by Crippen LogP contribution is -2.26. The minimum Gasteiger partial charge on any atom is -0.478 e. The molecule has 1 aromatic heterocycles. The number of nitrogens with zero attached hydrogens (tertiary/aromatic N) is 2. The van der Waals surface area contributed by atoms with E-state index in [0.29, 0.717) is 12.8 Å². The molecule has 1 saturated carbocycles. The molecule has 1 aliphatic carbocycles. The van der Waals surface area contributed by atoms with Crippen molar-refractivity contribution in [3.8, 4) is 0 Å². The first-order valence-electron chi connectivity index (χ1n) is 5.13.